The van der Waals surface area contributed by atoms with E-state index in [1.54, 1.807) is 0 Å². The molecule has 0 atom stereocenters. The number of hydrogen-bond donors (Lipinski definition) is 0. The van der Waals surface area contributed by atoms with Crippen LogP contribution in [0, 0.1) is 12.8 Å². The van der Waals surface area contributed by atoms with E-state index in [4.69, 9.17) is 0 Å². The summed E-state index contributed by atoms with van der Waals surface area (Å²) in [5.74, 6) is 0.992. The van der Waals surface area contributed by atoms with Crippen LogP contribution in [0.2, 0.25) is 0 Å². The van der Waals surface area contributed by atoms with Gasteiger partial charge in [0.1, 0.15) is 5.69 Å². The third-order valence-electron chi connectivity index (χ3n) is 3.69. The summed E-state index contributed by atoms with van der Waals surface area (Å²) in [6, 6.07) is 9.92. The van der Waals surface area contributed by atoms with E-state index in [1.165, 1.54) is 12.8 Å². The lowest BCUT2D eigenvalue weighted by Crippen LogP contribution is -2.03. The van der Waals surface area contributed by atoms with Crippen molar-refractivity contribution in [3.05, 3.63) is 41.6 Å². The molecule has 1 aliphatic rings. The number of carbonyl (C=O) groups excluding carboxylic acids is 1. The zero-order chi connectivity index (χ0) is 12.5. The summed E-state index contributed by atoms with van der Waals surface area (Å²) in [6.45, 7) is 2.04. The number of pyridine rings is 1. The van der Waals surface area contributed by atoms with Crippen LogP contribution in [0.5, 0.6) is 0 Å². The summed E-state index contributed by atoms with van der Waals surface area (Å²) >= 11 is 0. The highest BCUT2D eigenvalue weighted by Gasteiger charge is 2.22. The fourth-order valence-electron chi connectivity index (χ4n) is 2.36. The van der Waals surface area contributed by atoms with Crippen LogP contribution in [0.25, 0.3) is 10.9 Å². The van der Waals surface area contributed by atoms with E-state index in [1.807, 2.05) is 31.2 Å². The first kappa shape index (κ1) is 11.4. The number of hydrogen-bond acceptors (Lipinski definition) is 2. The van der Waals surface area contributed by atoms with Gasteiger partial charge in [-0.3, -0.25) is 4.79 Å². The largest absolute Gasteiger partial charge is 0.292 e. The Morgan fingerprint density at radius 1 is 1.33 bits per heavy atom. The van der Waals surface area contributed by atoms with Crippen LogP contribution in [0.4, 0.5) is 0 Å². The molecule has 0 N–H and O–H groups in total. The molecule has 1 saturated carbocycles. The Bertz CT molecular complexity index is 599. The number of fused-ring (bicyclic) bond motifs is 1. The molecule has 0 amide bonds. The fraction of sp³-hybridized carbons (Fsp3) is 0.375. The van der Waals surface area contributed by atoms with Crippen molar-refractivity contribution in [1.82, 2.24) is 4.98 Å². The predicted octanol–water partition coefficient (Wildman–Crippen LogP) is 3.92. The van der Waals surface area contributed by atoms with Gasteiger partial charge in [0, 0.05) is 11.8 Å². The monoisotopic (exact) mass is 239 g/mol. The number of carbonyl (C=O) groups is 1. The van der Waals surface area contributed by atoms with E-state index in [-0.39, 0.29) is 5.78 Å². The molecule has 18 heavy (non-hydrogen) atoms. The van der Waals surface area contributed by atoms with Gasteiger partial charge >= 0.3 is 0 Å². The van der Waals surface area contributed by atoms with Gasteiger partial charge in [0.25, 0.3) is 0 Å². The number of ketones is 1. The maximum absolute atomic E-state index is 12.1. The quantitative estimate of drug-likeness (QED) is 0.757. The lowest BCUT2D eigenvalue weighted by atomic mass is 10.0. The van der Waals surface area contributed by atoms with E-state index >= 15 is 0 Å². The molecule has 0 saturated heterocycles. The van der Waals surface area contributed by atoms with Crippen molar-refractivity contribution in [2.45, 2.75) is 32.6 Å². The van der Waals surface area contributed by atoms with Gasteiger partial charge in [-0.2, -0.15) is 0 Å². The number of rotatable bonds is 4. The fourth-order valence-corrected chi connectivity index (χ4v) is 2.36. The van der Waals surface area contributed by atoms with Crippen molar-refractivity contribution in [2.24, 2.45) is 5.92 Å². The standard InChI is InChI=1S/C16H17NO/c1-11-10-15(16(18)9-8-12-6-7-12)17-14-5-3-2-4-13(11)14/h2-5,10,12H,6-9H2,1H3. The molecule has 0 aliphatic heterocycles. The number of nitrogens with zero attached hydrogens (tertiary/aromatic N) is 1. The van der Waals surface area contributed by atoms with Crippen LogP contribution in [0.1, 0.15) is 41.7 Å². The maximum atomic E-state index is 12.1. The molecule has 0 unspecified atom stereocenters. The van der Waals surface area contributed by atoms with Crippen LogP contribution in [0.15, 0.2) is 30.3 Å². The zero-order valence-corrected chi connectivity index (χ0v) is 10.6. The highest BCUT2D eigenvalue weighted by Crippen LogP contribution is 2.33. The van der Waals surface area contributed by atoms with Crippen molar-refractivity contribution in [3.63, 3.8) is 0 Å². The van der Waals surface area contributed by atoms with Crippen molar-refractivity contribution < 1.29 is 4.79 Å². The predicted molar refractivity (Wildman–Crippen MR) is 72.8 cm³/mol. The van der Waals surface area contributed by atoms with E-state index < -0.39 is 0 Å². The van der Waals surface area contributed by atoms with Crippen molar-refractivity contribution in [2.75, 3.05) is 0 Å². The molecule has 2 aromatic rings. The van der Waals surface area contributed by atoms with Crippen molar-refractivity contribution in [1.29, 1.82) is 0 Å². The summed E-state index contributed by atoms with van der Waals surface area (Å²) in [7, 11) is 0. The molecule has 0 radical (unpaired) electrons. The summed E-state index contributed by atoms with van der Waals surface area (Å²) in [6.07, 6.45) is 4.29. The Hall–Kier alpha value is -1.70. The number of aryl methyl sites for hydroxylation is 1. The molecule has 1 aromatic carbocycles. The molecule has 3 rings (SSSR count). The molecule has 1 fully saturated rings. The lowest BCUT2D eigenvalue weighted by molar-refractivity contribution is 0.0973. The molecule has 0 spiro atoms. The van der Waals surface area contributed by atoms with Crippen molar-refractivity contribution >= 4 is 16.7 Å². The van der Waals surface area contributed by atoms with Gasteiger partial charge < -0.3 is 0 Å². The Morgan fingerprint density at radius 2 is 2.11 bits per heavy atom. The molecular weight excluding hydrogens is 222 g/mol. The smallest absolute Gasteiger partial charge is 0.181 e. The van der Waals surface area contributed by atoms with Gasteiger partial charge in [0.15, 0.2) is 5.78 Å². The minimum Gasteiger partial charge on any atom is -0.292 e. The Balaban J connectivity index is 1.88. The van der Waals surface area contributed by atoms with Gasteiger partial charge in [-0.15, -0.1) is 0 Å². The number of Topliss-reactive ketones (excluding diaryl/α,β-unsaturated/α-hetero) is 1. The first-order valence-corrected chi connectivity index (χ1v) is 6.63. The average Bonchev–Trinajstić information content (AvgIpc) is 3.20. The lowest BCUT2D eigenvalue weighted by Gasteiger charge is -2.05. The van der Waals surface area contributed by atoms with Crippen LogP contribution in [-0.4, -0.2) is 10.8 Å². The van der Waals surface area contributed by atoms with Gasteiger partial charge in [-0.1, -0.05) is 31.0 Å². The number of benzene rings is 1. The molecule has 0 bridgehead atoms. The minimum atomic E-state index is 0.191. The molecule has 1 aromatic heterocycles. The Morgan fingerprint density at radius 3 is 2.89 bits per heavy atom. The zero-order valence-electron chi connectivity index (χ0n) is 10.6. The summed E-state index contributed by atoms with van der Waals surface area (Å²) in [4.78, 5) is 16.6. The Labute approximate surface area is 107 Å². The molecule has 2 nitrogen and oxygen atoms in total. The van der Waals surface area contributed by atoms with E-state index in [9.17, 15) is 4.79 Å². The number of aromatic nitrogens is 1. The van der Waals surface area contributed by atoms with Crippen LogP contribution in [-0.2, 0) is 0 Å². The van der Waals surface area contributed by atoms with E-state index in [0.29, 0.717) is 12.1 Å². The second-order valence-electron chi connectivity index (χ2n) is 5.25. The third-order valence-corrected chi connectivity index (χ3v) is 3.69. The van der Waals surface area contributed by atoms with Crippen LogP contribution in [0.3, 0.4) is 0 Å². The molecule has 92 valence electrons. The molecule has 1 heterocycles. The number of para-hydroxylation sites is 1. The van der Waals surface area contributed by atoms with Gasteiger partial charge in [-0.05, 0) is 37.0 Å². The topological polar surface area (TPSA) is 30.0 Å². The highest BCUT2D eigenvalue weighted by molar-refractivity contribution is 5.97. The van der Waals surface area contributed by atoms with Crippen molar-refractivity contribution in [3.8, 4) is 0 Å². The van der Waals surface area contributed by atoms with Gasteiger partial charge in [0.2, 0.25) is 0 Å². The average molecular weight is 239 g/mol. The van der Waals surface area contributed by atoms with Gasteiger partial charge in [0.05, 0.1) is 5.52 Å². The summed E-state index contributed by atoms with van der Waals surface area (Å²) in [5.41, 5.74) is 2.69. The second kappa shape index (κ2) is 4.52. The normalized spacial score (nSPS) is 14.9. The maximum Gasteiger partial charge on any atom is 0.181 e. The Kier molecular flexibility index (Phi) is 2.86. The summed E-state index contributed by atoms with van der Waals surface area (Å²) < 4.78 is 0. The van der Waals surface area contributed by atoms with E-state index in [0.717, 1.165) is 28.8 Å². The minimum absolute atomic E-state index is 0.191. The molecule has 1 aliphatic carbocycles. The first-order chi connectivity index (χ1) is 8.74. The summed E-state index contributed by atoms with van der Waals surface area (Å²) in [5, 5.41) is 1.14. The SMILES string of the molecule is Cc1cc(C(=O)CCC2CC2)nc2ccccc12. The first-order valence-electron chi connectivity index (χ1n) is 6.63. The van der Waals surface area contributed by atoms with Crippen LogP contribution >= 0.6 is 0 Å². The highest BCUT2D eigenvalue weighted by atomic mass is 16.1. The molecular formula is C16H17NO. The third kappa shape index (κ3) is 2.28. The molecule has 2 heteroatoms. The second-order valence-corrected chi connectivity index (χ2v) is 5.25. The van der Waals surface area contributed by atoms with E-state index in [2.05, 4.69) is 11.1 Å². The van der Waals surface area contributed by atoms with Gasteiger partial charge in [-0.25, -0.2) is 4.98 Å². The van der Waals surface area contributed by atoms with Crippen LogP contribution < -0.4 is 0 Å².